The molecule has 0 heterocycles. The molecule has 0 aliphatic rings. The van der Waals surface area contributed by atoms with Crippen LogP contribution in [0.25, 0.3) is 6.08 Å². The van der Waals surface area contributed by atoms with Gasteiger partial charge in [-0.2, -0.15) is 0 Å². The number of halogens is 1. The van der Waals surface area contributed by atoms with Gasteiger partial charge in [-0.3, -0.25) is 10.1 Å². The second-order valence-corrected chi connectivity index (χ2v) is 4.24. The third-order valence-corrected chi connectivity index (χ3v) is 2.76. The number of nitrogens with two attached hydrogens (primary N) is 1. The summed E-state index contributed by atoms with van der Waals surface area (Å²) in [6, 6.07) is 4.99. The molecule has 4 nitrogen and oxygen atoms in total. The highest BCUT2D eigenvalue weighted by molar-refractivity contribution is 9.10. The van der Waals surface area contributed by atoms with Gasteiger partial charge in [-0.05, 0) is 24.6 Å². The zero-order valence-corrected chi connectivity index (χ0v) is 10.5. The average molecular weight is 285 g/mol. The highest BCUT2D eigenvalue weighted by atomic mass is 79.9. The van der Waals surface area contributed by atoms with Crippen LogP contribution in [0, 0.1) is 10.1 Å². The predicted molar refractivity (Wildman–Crippen MR) is 68.1 cm³/mol. The quantitative estimate of drug-likeness (QED) is 0.682. The number of hydrogen-bond donors (Lipinski definition) is 1. The van der Waals surface area contributed by atoms with Crippen molar-refractivity contribution in [2.24, 2.45) is 5.73 Å². The smallest absolute Gasteiger partial charge is 0.277 e. The fraction of sp³-hybridized carbons (Fsp3) is 0.273. The van der Waals surface area contributed by atoms with Crippen molar-refractivity contribution in [3.05, 3.63) is 43.9 Å². The van der Waals surface area contributed by atoms with Crippen LogP contribution in [-0.4, -0.2) is 11.5 Å². The fourth-order valence-corrected chi connectivity index (χ4v) is 1.67. The molecule has 0 spiro atoms. The molecule has 5 heteroatoms. The minimum atomic E-state index is -0.389. The van der Waals surface area contributed by atoms with Crippen LogP contribution in [0.1, 0.15) is 18.9 Å². The number of hydrogen-bond acceptors (Lipinski definition) is 3. The molecule has 1 aromatic rings. The highest BCUT2D eigenvalue weighted by Gasteiger charge is 2.12. The summed E-state index contributed by atoms with van der Waals surface area (Å²) in [5.41, 5.74) is 7.22. The topological polar surface area (TPSA) is 69.2 Å². The van der Waals surface area contributed by atoms with Gasteiger partial charge >= 0.3 is 0 Å². The van der Waals surface area contributed by atoms with Crippen molar-refractivity contribution < 1.29 is 4.92 Å². The van der Waals surface area contributed by atoms with E-state index < -0.39 is 0 Å². The molecule has 0 fully saturated rings. The van der Waals surface area contributed by atoms with Crippen molar-refractivity contribution in [2.75, 3.05) is 6.54 Å². The molecule has 0 radical (unpaired) electrons. The van der Waals surface area contributed by atoms with Crippen molar-refractivity contribution in [3.63, 3.8) is 0 Å². The molecule has 1 aromatic carbocycles. The van der Waals surface area contributed by atoms with E-state index in [1.54, 1.807) is 18.2 Å². The van der Waals surface area contributed by atoms with E-state index >= 15 is 0 Å². The van der Waals surface area contributed by atoms with Gasteiger partial charge in [-0.25, -0.2) is 0 Å². The molecule has 0 saturated carbocycles. The summed E-state index contributed by atoms with van der Waals surface area (Å²) in [5, 5.41) is 10.9. The molecular formula is C11H13BrN2O2. The van der Waals surface area contributed by atoms with Gasteiger partial charge in [0.15, 0.2) is 0 Å². The lowest BCUT2D eigenvalue weighted by Gasteiger charge is -2.02. The summed E-state index contributed by atoms with van der Waals surface area (Å²) in [5.74, 6) is 0. The van der Waals surface area contributed by atoms with E-state index in [0.29, 0.717) is 16.6 Å². The largest absolute Gasteiger partial charge is 0.327 e. The Kier molecular flexibility index (Phi) is 4.64. The Morgan fingerprint density at radius 3 is 2.81 bits per heavy atom. The molecular weight excluding hydrogens is 272 g/mol. The summed E-state index contributed by atoms with van der Waals surface area (Å²) in [6.45, 7) is 2.40. The fourth-order valence-electron chi connectivity index (χ4n) is 1.32. The number of benzene rings is 1. The van der Waals surface area contributed by atoms with Crippen LogP contribution in [0.5, 0.6) is 0 Å². The highest BCUT2D eigenvalue weighted by Crippen LogP contribution is 2.25. The summed E-state index contributed by atoms with van der Waals surface area (Å²) >= 11 is 3.22. The maximum atomic E-state index is 10.9. The van der Waals surface area contributed by atoms with Crippen LogP contribution in [0.4, 0.5) is 5.69 Å². The number of nitro groups is 1. The Labute approximate surface area is 102 Å². The van der Waals surface area contributed by atoms with E-state index in [1.165, 1.54) is 6.07 Å². The van der Waals surface area contributed by atoms with Gasteiger partial charge in [0.1, 0.15) is 0 Å². The molecule has 16 heavy (non-hydrogen) atoms. The first-order chi connectivity index (χ1) is 7.58. The van der Waals surface area contributed by atoms with Crippen molar-refractivity contribution >= 4 is 27.7 Å². The number of nitro benzene ring substituents is 1. The maximum Gasteiger partial charge on any atom is 0.277 e. The van der Waals surface area contributed by atoms with Gasteiger partial charge in [-0.15, -0.1) is 0 Å². The van der Waals surface area contributed by atoms with Gasteiger partial charge in [0.2, 0.25) is 0 Å². The van der Waals surface area contributed by atoms with Gasteiger partial charge in [0, 0.05) is 17.1 Å². The SMILES string of the molecule is CC/C(=C/c1ccc(Br)cc1[N+](=O)[O-])CN. The van der Waals surface area contributed by atoms with E-state index in [1.807, 2.05) is 6.92 Å². The lowest BCUT2D eigenvalue weighted by Crippen LogP contribution is -2.02. The third kappa shape index (κ3) is 3.15. The molecule has 2 N–H and O–H groups in total. The van der Waals surface area contributed by atoms with Crippen LogP contribution in [0.3, 0.4) is 0 Å². The normalized spacial score (nSPS) is 11.6. The summed E-state index contributed by atoms with van der Waals surface area (Å²) in [6.07, 6.45) is 2.58. The van der Waals surface area contributed by atoms with Crippen molar-refractivity contribution in [1.82, 2.24) is 0 Å². The van der Waals surface area contributed by atoms with Gasteiger partial charge in [0.25, 0.3) is 5.69 Å². The second-order valence-electron chi connectivity index (χ2n) is 3.32. The Bertz CT molecular complexity index is 424. The van der Waals surface area contributed by atoms with Gasteiger partial charge in [0.05, 0.1) is 10.5 Å². The summed E-state index contributed by atoms with van der Waals surface area (Å²) in [4.78, 5) is 10.5. The Hall–Kier alpha value is -1.20. The molecule has 0 bridgehead atoms. The first kappa shape index (κ1) is 12.9. The first-order valence-corrected chi connectivity index (χ1v) is 5.71. The Morgan fingerprint density at radius 2 is 2.31 bits per heavy atom. The number of rotatable bonds is 4. The summed E-state index contributed by atoms with van der Waals surface area (Å²) < 4.78 is 0.696. The van der Waals surface area contributed by atoms with Crippen LogP contribution in [-0.2, 0) is 0 Å². The van der Waals surface area contributed by atoms with E-state index in [9.17, 15) is 10.1 Å². The van der Waals surface area contributed by atoms with E-state index in [2.05, 4.69) is 15.9 Å². The van der Waals surface area contributed by atoms with Crippen molar-refractivity contribution in [2.45, 2.75) is 13.3 Å². The molecule has 0 aromatic heterocycles. The van der Waals surface area contributed by atoms with E-state index in [0.717, 1.165) is 12.0 Å². The van der Waals surface area contributed by atoms with Crippen LogP contribution in [0.15, 0.2) is 28.2 Å². The molecule has 0 aliphatic carbocycles. The van der Waals surface area contributed by atoms with Crippen molar-refractivity contribution in [3.8, 4) is 0 Å². The third-order valence-electron chi connectivity index (χ3n) is 2.27. The van der Waals surface area contributed by atoms with Gasteiger partial charge in [-0.1, -0.05) is 28.4 Å². The Balaban J connectivity index is 3.22. The first-order valence-electron chi connectivity index (χ1n) is 4.92. The van der Waals surface area contributed by atoms with Gasteiger partial charge < -0.3 is 5.73 Å². The molecule has 86 valence electrons. The standard InChI is InChI=1S/C11H13BrN2O2/c1-2-8(7-13)5-9-3-4-10(12)6-11(9)14(15)16/h3-6H,2,7,13H2,1H3/b8-5-. The van der Waals surface area contributed by atoms with Crippen LogP contribution < -0.4 is 5.73 Å². The second kappa shape index (κ2) is 5.77. The zero-order valence-electron chi connectivity index (χ0n) is 8.94. The molecule has 1 rings (SSSR count). The zero-order chi connectivity index (χ0) is 12.1. The number of nitrogens with zero attached hydrogens (tertiary/aromatic N) is 1. The van der Waals surface area contributed by atoms with E-state index in [4.69, 9.17) is 5.73 Å². The maximum absolute atomic E-state index is 10.9. The van der Waals surface area contributed by atoms with E-state index in [-0.39, 0.29) is 10.6 Å². The summed E-state index contributed by atoms with van der Waals surface area (Å²) in [7, 11) is 0. The molecule has 0 unspecified atom stereocenters. The lowest BCUT2D eigenvalue weighted by atomic mass is 10.1. The Morgan fingerprint density at radius 1 is 1.62 bits per heavy atom. The van der Waals surface area contributed by atoms with Crippen LogP contribution in [0.2, 0.25) is 0 Å². The minimum absolute atomic E-state index is 0.0915. The monoisotopic (exact) mass is 284 g/mol. The molecule has 0 atom stereocenters. The van der Waals surface area contributed by atoms with Crippen LogP contribution >= 0.6 is 15.9 Å². The minimum Gasteiger partial charge on any atom is -0.327 e. The van der Waals surface area contributed by atoms with Crippen molar-refractivity contribution in [1.29, 1.82) is 0 Å². The molecule has 0 saturated heterocycles. The lowest BCUT2D eigenvalue weighted by molar-refractivity contribution is -0.385. The molecule has 0 amide bonds. The molecule has 0 aliphatic heterocycles. The predicted octanol–water partition coefficient (Wildman–Crippen LogP) is 3.11. The average Bonchev–Trinajstić information content (AvgIpc) is 2.27.